The Morgan fingerprint density at radius 2 is 1.73 bits per heavy atom. The van der Waals surface area contributed by atoms with Crippen molar-refractivity contribution in [1.29, 1.82) is 0 Å². The Morgan fingerprint density at radius 1 is 1.03 bits per heavy atom. The molecule has 33 heavy (non-hydrogen) atoms. The van der Waals surface area contributed by atoms with Gasteiger partial charge in [-0.05, 0) is 42.3 Å². The van der Waals surface area contributed by atoms with Crippen molar-refractivity contribution in [2.24, 2.45) is 5.10 Å². The van der Waals surface area contributed by atoms with Gasteiger partial charge in [0.2, 0.25) is 0 Å². The zero-order valence-electron chi connectivity index (χ0n) is 17.4. The normalized spacial score (nSPS) is 18.2. The maximum atomic E-state index is 13.5. The molecule has 2 heterocycles. The van der Waals surface area contributed by atoms with Crippen molar-refractivity contribution in [1.82, 2.24) is 5.01 Å². The van der Waals surface area contributed by atoms with Crippen molar-refractivity contribution < 1.29 is 27.4 Å². The average Bonchev–Trinajstić information content (AvgIpc) is 3.34. The van der Waals surface area contributed by atoms with E-state index in [9.17, 15) is 18.0 Å². The molecule has 3 aromatic carbocycles. The third kappa shape index (κ3) is 4.21. The standard InChI is InChI=1S/C24H18F3N3O3/c1-14-2-4-16(5-3-14)22-19(15-6-8-17(25)9-7-15)13-30(29-22)23(31)28-18-10-11-20-21(12-18)33-24(26,27)32-20/h2-12,19H,13H2,1H3,(H,28,31). The zero-order chi connectivity index (χ0) is 23.2. The number of hydrogen-bond donors (Lipinski definition) is 1. The molecule has 9 heteroatoms. The molecule has 168 valence electrons. The van der Waals surface area contributed by atoms with Gasteiger partial charge in [0.25, 0.3) is 0 Å². The minimum Gasteiger partial charge on any atom is -0.395 e. The number of anilines is 1. The molecule has 0 radical (unpaired) electrons. The van der Waals surface area contributed by atoms with E-state index in [0.29, 0.717) is 5.71 Å². The predicted molar refractivity (Wildman–Crippen MR) is 115 cm³/mol. The summed E-state index contributed by atoms with van der Waals surface area (Å²) in [5.74, 6) is -0.912. The Labute approximate surface area is 187 Å². The molecule has 2 aliphatic rings. The topological polar surface area (TPSA) is 63.2 Å². The fourth-order valence-electron chi connectivity index (χ4n) is 3.78. The second kappa shape index (κ2) is 7.84. The van der Waals surface area contributed by atoms with Gasteiger partial charge in [0.1, 0.15) is 5.82 Å². The van der Waals surface area contributed by atoms with Gasteiger partial charge in [-0.25, -0.2) is 14.2 Å². The number of aryl methyl sites for hydroxylation is 1. The fraction of sp³-hybridized carbons (Fsp3) is 0.167. The number of alkyl halides is 2. The molecule has 0 bridgehead atoms. The molecule has 2 aliphatic heterocycles. The molecule has 0 spiro atoms. The molecule has 0 saturated heterocycles. The van der Waals surface area contributed by atoms with E-state index in [-0.39, 0.29) is 35.5 Å². The highest BCUT2D eigenvalue weighted by molar-refractivity contribution is 6.07. The van der Waals surface area contributed by atoms with Gasteiger partial charge in [0, 0.05) is 17.7 Å². The molecule has 6 nitrogen and oxygen atoms in total. The van der Waals surface area contributed by atoms with E-state index < -0.39 is 12.3 Å². The number of urea groups is 1. The van der Waals surface area contributed by atoms with Gasteiger partial charge in [0.15, 0.2) is 11.5 Å². The van der Waals surface area contributed by atoms with E-state index in [2.05, 4.69) is 19.9 Å². The fourth-order valence-corrected chi connectivity index (χ4v) is 3.78. The molecule has 1 N–H and O–H groups in total. The summed E-state index contributed by atoms with van der Waals surface area (Å²) in [5, 5.41) is 8.44. The summed E-state index contributed by atoms with van der Waals surface area (Å²) in [7, 11) is 0. The first-order valence-electron chi connectivity index (χ1n) is 10.2. The number of carbonyl (C=O) groups excluding carboxylic acids is 1. The van der Waals surface area contributed by atoms with Crippen molar-refractivity contribution in [3.05, 3.63) is 89.2 Å². The van der Waals surface area contributed by atoms with Crippen LogP contribution in [-0.4, -0.2) is 29.6 Å². The summed E-state index contributed by atoms with van der Waals surface area (Å²) >= 11 is 0. The molecular weight excluding hydrogens is 435 g/mol. The van der Waals surface area contributed by atoms with Gasteiger partial charge in [-0.2, -0.15) is 5.10 Å². The predicted octanol–water partition coefficient (Wildman–Crippen LogP) is 5.49. The van der Waals surface area contributed by atoms with E-state index in [1.165, 1.54) is 35.3 Å². The molecular formula is C24H18F3N3O3. The van der Waals surface area contributed by atoms with Crippen LogP contribution in [0, 0.1) is 12.7 Å². The van der Waals surface area contributed by atoms with Gasteiger partial charge < -0.3 is 14.8 Å². The number of amides is 2. The molecule has 3 aromatic rings. The van der Waals surface area contributed by atoms with Crippen LogP contribution in [0.4, 0.5) is 23.7 Å². The van der Waals surface area contributed by atoms with Crippen LogP contribution >= 0.6 is 0 Å². The number of fused-ring (bicyclic) bond motifs is 1. The number of nitrogens with one attached hydrogen (secondary N) is 1. The van der Waals surface area contributed by atoms with Gasteiger partial charge in [-0.3, -0.25) is 0 Å². The van der Waals surface area contributed by atoms with Gasteiger partial charge in [-0.1, -0.05) is 42.0 Å². The Bertz CT molecular complexity index is 1240. The monoisotopic (exact) mass is 453 g/mol. The maximum Gasteiger partial charge on any atom is 0.586 e. The zero-order valence-corrected chi connectivity index (χ0v) is 17.4. The lowest BCUT2D eigenvalue weighted by molar-refractivity contribution is -0.286. The van der Waals surface area contributed by atoms with Crippen molar-refractivity contribution in [3.8, 4) is 11.5 Å². The highest BCUT2D eigenvalue weighted by atomic mass is 19.3. The van der Waals surface area contributed by atoms with Crippen molar-refractivity contribution in [3.63, 3.8) is 0 Å². The second-order valence-electron chi connectivity index (χ2n) is 7.80. The van der Waals surface area contributed by atoms with Crippen LogP contribution in [0.3, 0.4) is 0 Å². The highest BCUT2D eigenvalue weighted by Gasteiger charge is 2.43. The smallest absolute Gasteiger partial charge is 0.395 e. The summed E-state index contributed by atoms with van der Waals surface area (Å²) in [4.78, 5) is 12.9. The Balaban J connectivity index is 1.40. The van der Waals surface area contributed by atoms with Crippen LogP contribution in [0.25, 0.3) is 0 Å². The van der Waals surface area contributed by atoms with E-state index in [0.717, 1.165) is 16.7 Å². The Hall–Kier alpha value is -4.01. The van der Waals surface area contributed by atoms with E-state index in [1.54, 1.807) is 12.1 Å². The summed E-state index contributed by atoms with van der Waals surface area (Å²) in [6, 6.07) is 17.2. The van der Waals surface area contributed by atoms with Crippen LogP contribution in [0.15, 0.2) is 71.8 Å². The average molecular weight is 453 g/mol. The van der Waals surface area contributed by atoms with Gasteiger partial charge >= 0.3 is 12.3 Å². The molecule has 2 amide bonds. The number of benzene rings is 3. The van der Waals surface area contributed by atoms with Crippen molar-refractivity contribution in [2.75, 3.05) is 11.9 Å². The van der Waals surface area contributed by atoms with Gasteiger partial charge in [0.05, 0.1) is 12.3 Å². The van der Waals surface area contributed by atoms with Crippen LogP contribution < -0.4 is 14.8 Å². The second-order valence-corrected chi connectivity index (χ2v) is 7.80. The quantitative estimate of drug-likeness (QED) is 0.570. The summed E-state index contributed by atoms with van der Waals surface area (Å²) in [6.45, 7) is 2.20. The van der Waals surface area contributed by atoms with Crippen LogP contribution in [0.2, 0.25) is 0 Å². The Morgan fingerprint density at radius 3 is 2.45 bits per heavy atom. The van der Waals surface area contributed by atoms with Crippen molar-refractivity contribution >= 4 is 17.4 Å². The number of ether oxygens (including phenoxy) is 2. The Kier molecular flexibility index (Phi) is 4.96. The van der Waals surface area contributed by atoms with Crippen molar-refractivity contribution in [2.45, 2.75) is 19.1 Å². The molecule has 0 saturated carbocycles. The lowest BCUT2D eigenvalue weighted by Gasteiger charge is -2.16. The number of rotatable bonds is 3. The number of halogens is 3. The summed E-state index contributed by atoms with van der Waals surface area (Å²) < 4.78 is 48.8. The first-order valence-corrected chi connectivity index (χ1v) is 10.2. The third-order valence-electron chi connectivity index (χ3n) is 5.42. The lowest BCUT2D eigenvalue weighted by Crippen LogP contribution is -2.30. The maximum absolute atomic E-state index is 13.5. The summed E-state index contributed by atoms with van der Waals surface area (Å²) in [5.41, 5.74) is 3.66. The number of hydrogen-bond acceptors (Lipinski definition) is 4. The first kappa shape index (κ1) is 20.9. The molecule has 1 unspecified atom stereocenters. The third-order valence-corrected chi connectivity index (χ3v) is 5.42. The van der Waals surface area contributed by atoms with Crippen LogP contribution in [0.1, 0.15) is 22.6 Å². The molecule has 5 rings (SSSR count). The lowest BCUT2D eigenvalue weighted by atomic mass is 9.90. The number of hydrazone groups is 1. The first-order chi connectivity index (χ1) is 15.8. The number of carbonyl (C=O) groups is 1. The molecule has 0 fully saturated rings. The molecule has 1 atom stereocenters. The van der Waals surface area contributed by atoms with E-state index >= 15 is 0 Å². The van der Waals surface area contributed by atoms with E-state index in [4.69, 9.17) is 0 Å². The van der Waals surface area contributed by atoms with E-state index in [1.807, 2.05) is 31.2 Å². The minimum absolute atomic E-state index is 0.116. The molecule has 0 aliphatic carbocycles. The van der Waals surface area contributed by atoms with Crippen LogP contribution in [-0.2, 0) is 0 Å². The van der Waals surface area contributed by atoms with Gasteiger partial charge in [-0.15, -0.1) is 8.78 Å². The summed E-state index contributed by atoms with van der Waals surface area (Å²) in [6.07, 6.45) is -3.74. The number of nitrogens with zero attached hydrogens (tertiary/aromatic N) is 2. The SMILES string of the molecule is Cc1ccc(C2=NN(C(=O)Nc3ccc4c(c3)OC(F)(F)O4)CC2c2ccc(F)cc2)cc1. The highest BCUT2D eigenvalue weighted by Crippen LogP contribution is 2.42. The van der Waals surface area contributed by atoms with Crippen LogP contribution in [0.5, 0.6) is 11.5 Å². The largest absolute Gasteiger partial charge is 0.586 e. The molecule has 0 aromatic heterocycles. The minimum atomic E-state index is -3.74.